The van der Waals surface area contributed by atoms with Crippen LogP contribution >= 0.6 is 23.2 Å². The van der Waals surface area contributed by atoms with E-state index in [4.69, 9.17) is 37.1 Å². The summed E-state index contributed by atoms with van der Waals surface area (Å²) in [6.45, 7) is 1.81. The molecule has 1 aliphatic heterocycles. The number of nitrogens with zero attached hydrogens (tertiary/aromatic N) is 1. The lowest BCUT2D eigenvalue weighted by Gasteiger charge is -2.29. The van der Waals surface area contributed by atoms with Crippen LogP contribution in [-0.2, 0) is 13.0 Å². The Morgan fingerprint density at radius 2 is 1.88 bits per heavy atom. The van der Waals surface area contributed by atoms with Crippen molar-refractivity contribution in [3.05, 3.63) is 92.3 Å². The Balaban J connectivity index is 1.42. The lowest BCUT2D eigenvalue weighted by Crippen LogP contribution is -2.33. The van der Waals surface area contributed by atoms with E-state index in [2.05, 4.69) is 4.90 Å². The van der Waals surface area contributed by atoms with Crippen LogP contribution in [0.25, 0.3) is 22.1 Å². The van der Waals surface area contributed by atoms with Crippen molar-refractivity contribution in [2.45, 2.75) is 13.0 Å². The maximum atomic E-state index is 13.3. The average Bonchev–Trinajstić information content (AvgIpc) is 2.83. The lowest BCUT2D eigenvalue weighted by molar-refractivity contribution is 0.0968. The first-order chi connectivity index (χ1) is 16.0. The Morgan fingerprint density at radius 3 is 2.64 bits per heavy atom. The van der Waals surface area contributed by atoms with E-state index in [-0.39, 0.29) is 5.43 Å². The van der Waals surface area contributed by atoms with Crippen molar-refractivity contribution < 1.29 is 13.9 Å². The molecule has 0 fully saturated rings. The fraction of sp³-hybridized carbons (Fsp3) is 0.192. The van der Waals surface area contributed by atoms with Crippen LogP contribution in [0.5, 0.6) is 11.5 Å². The van der Waals surface area contributed by atoms with E-state index in [1.165, 1.54) is 6.26 Å². The fourth-order valence-electron chi connectivity index (χ4n) is 4.07. The summed E-state index contributed by atoms with van der Waals surface area (Å²) in [7, 11) is 1.61. The molecule has 168 valence electrons. The van der Waals surface area contributed by atoms with Gasteiger partial charge in [0, 0.05) is 23.1 Å². The number of rotatable bonds is 5. The van der Waals surface area contributed by atoms with E-state index in [1.54, 1.807) is 19.2 Å². The highest BCUT2D eigenvalue weighted by Gasteiger charge is 2.23. The summed E-state index contributed by atoms with van der Waals surface area (Å²) in [5.41, 5.74) is 3.68. The maximum Gasteiger partial charge on any atom is 0.200 e. The van der Waals surface area contributed by atoms with Crippen LogP contribution in [0.1, 0.15) is 11.1 Å². The van der Waals surface area contributed by atoms with Crippen molar-refractivity contribution in [2.75, 3.05) is 20.4 Å². The molecule has 33 heavy (non-hydrogen) atoms. The summed E-state index contributed by atoms with van der Waals surface area (Å²) < 4.78 is 17.2. The number of hydrogen-bond acceptors (Lipinski definition) is 5. The van der Waals surface area contributed by atoms with E-state index >= 15 is 0 Å². The van der Waals surface area contributed by atoms with Gasteiger partial charge in [0.1, 0.15) is 30.1 Å². The van der Waals surface area contributed by atoms with Crippen molar-refractivity contribution in [2.24, 2.45) is 0 Å². The van der Waals surface area contributed by atoms with Crippen LogP contribution in [0.3, 0.4) is 0 Å². The second-order valence-electron chi connectivity index (χ2n) is 7.94. The number of hydrogen-bond donors (Lipinski definition) is 0. The highest BCUT2D eigenvalue weighted by atomic mass is 35.5. The van der Waals surface area contributed by atoms with Gasteiger partial charge in [-0.2, -0.15) is 0 Å². The van der Waals surface area contributed by atoms with E-state index < -0.39 is 0 Å². The zero-order valence-electron chi connectivity index (χ0n) is 17.9. The lowest BCUT2D eigenvalue weighted by atomic mass is 10.0. The third kappa shape index (κ3) is 4.32. The third-order valence-corrected chi connectivity index (χ3v) is 6.49. The van der Waals surface area contributed by atoms with Gasteiger partial charge < -0.3 is 13.9 Å². The summed E-state index contributed by atoms with van der Waals surface area (Å²) in [6, 6.07) is 16.5. The van der Waals surface area contributed by atoms with Gasteiger partial charge in [-0.25, -0.2) is 0 Å². The first-order valence-electron chi connectivity index (χ1n) is 10.5. The molecule has 2 heterocycles. The summed E-state index contributed by atoms with van der Waals surface area (Å²) in [6.07, 6.45) is 2.28. The number of benzene rings is 3. The first kappa shape index (κ1) is 21.8. The highest BCUT2D eigenvalue weighted by molar-refractivity contribution is 6.35. The molecule has 0 saturated heterocycles. The van der Waals surface area contributed by atoms with Crippen LogP contribution < -0.4 is 14.9 Å². The largest absolute Gasteiger partial charge is 0.497 e. The summed E-state index contributed by atoms with van der Waals surface area (Å²) in [5, 5.41) is 1.81. The summed E-state index contributed by atoms with van der Waals surface area (Å²) >= 11 is 12.3. The molecule has 0 N–H and O–H groups in total. The molecule has 0 atom stereocenters. The molecule has 1 aliphatic rings. The monoisotopic (exact) mass is 481 g/mol. The Hall–Kier alpha value is -2.99. The highest BCUT2D eigenvalue weighted by Crippen LogP contribution is 2.33. The maximum absolute atomic E-state index is 13.3. The quantitative estimate of drug-likeness (QED) is 0.341. The van der Waals surface area contributed by atoms with Crippen LogP contribution in [-0.4, -0.2) is 25.3 Å². The number of methoxy groups -OCH3 is 1. The molecule has 0 radical (unpaired) electrons. The van der Waals surface area contributed by atoms with Gasteiger partial charge in [-0.05, 0) is 53.9 Å². The van der Waals surface area contributed by atoms with Crippen LogP contribution in [0.2, 0.25) is 10.0 Å². The second kappa shape index (κ2) is 9.10. The van der Waals surface area contributed by atoms with Crippen molar-refractivity contribution in [3.8, 4) is 22.6 Å². The molecule has 5 rings (SSSR count). The van der Waals surface area contributed by atoms with E-state index in [0.29, 0.717) is 39.9 Å². The van der Waals surface area contributed by atoms with Gasteiger partial charge in [-0.1, -0.05) is 41.4 Å². The van der Waals surface area contributed by atoms with Crippen LogP contribution in [0.4, 0.5) is 0 Å². The topological polar surface area (TPSA) is 51.9 Å². The molecule has 0 saturated carbocycles. The van der Waals surface area contributed by atoms with E-state index in [1.807, 2.05) is 42.5 Å². The van der Waals surface area contributed by atoms with Crippen molar-refractivity contribution in [3.63, 3.8) is 0 Å². The molecule has 0 bridgehead atoms. The molecule has 3 aromatic carbocycles. The molecule has 0 aliphatic carbocycles. The predicted octanol–water partition coefficient (Wildman–Crippen LogP) is 6.17. The minimum atomic E-state index is -0.0747. The molecule has 5 nitrogen and oxygen atoms in total. The fourth-order valence-corrected chi connectivity index (χ4v) is 4.57. The number of halogens is 2. The molecular formula is C26H21Cl2NO4. The van der Waals surface area contributed by atoms with Gasteiger partial charge in [-0.3, -0.25) is 9.69 Å². The van der Waals surface area contributed by atoms with Gasteiger partial charge in [0.2, 0.25) is 5.43 Å². The van der Waals surface area contributed by atoms with E-state index in [0.717, 1.165) is 41.2 Å². The van der Waals surface area contributed by atoms with Gasteiger partial charge in [0.15, 0.2) is 0 Å². The normalized spacial score (nSPS) is 13.5. The SMILES string of the molecule is COc1ccc(-c2coc3c4c(ccc3c2=O)OCN(CCc2ccc(Cl)cc2Cl)C4)cc1. The molecule has 0 unspecified atom stereocenters. The van der Waals surface area contributed by atoms with Gasteiger partial charge >= 0.3 is 0 Å². The minimum absolute atomic E-state index is 0.0747. The first-order valence-corrected chi connectivity index (χ1v) is 11.3. The van der Waals surface area contributed by atoms with Crippen LogP contribution in [0, 0.1) is 0 Å². The van der Waals surface area contributed by atoms with Gasteiger partial charge in [0.25, 0.3) is 0 Å². The Labute approximate surface area is 201 Å². The summed E-state index contributed by atoms with van der Waals surface area (Å²) in [4.78, 5) is 15.4. The van der Waals surface area contributed by atoms with Crippen molar-refractivity contribution in [1.29, 1.82) is 0 Å². The smallest absolute Gasteiger partial charge is 0.200 e. The summed E-state index contributed by atoms with van der Waals surface area (Å²) in [5.74, 6) is 1.47. The molecule has 0 spiro atoms. The Morgan fingerprint density at radius 1 is 1.06 bits per heavy atom. The standard InChI is InChI=1S/C26H21Cl2NO4/c1-31-19-6-3-16(4-7-19)22-14-32-26-20(25(22)30)8-9-24-21(26)13-29(15-33-24)11-10-17-2-5-18(27)12-23(17)28/h2-9,12,14H,10-11,13,15H2,1H3. The molecule has 0 amide bonds. The molecule has 7 heteroatoms. The number of ether oxygens (including phenoxy) is 2. The Kier molecular flexibility index (Phi) is 6.02. The van der Waals surface area contributed by atoms with Gasteiger partial charge in [-0.15, -0.1) is 0 Å². The Bertz CT molecular complexity index is 1380. The predicted molar refractivity (Wildman–Crippen MR) is 131 cm³/mol. The van der Waals surface area contributed by atoms with Crippen molar-refractivity contribution >= 4 is 34.2 Å². The zero-order chi connectivity index (χ0) is 22.9. The molecule has 4 aromatic rings. The molecule has 1 aromatic heterocycles. The minimum Gasteiger partial charge on any atom is -0.497 e. The second-order valence-corrected chi connectivity index (χ2v) is 8.78. The van der Waals surface area contributed by atoms with E-state index in [9.17, 15) is 4.79 Å². The average molecular weight is 482 g/mol. The van der Waals surface area contributed by atoms with Crippen molar-refractivity contribution in [1.82, 2.24) is 4.90 Å². The zero-order valence-corrected chi connectivity index (χ0v) is 19.4. The van der Waals surface area contributed by atoms with Crippen LogP contribution in [0.15, 0.2) is 70.1 Å². The molecular weight excluding hydrogens is 461 g/mol. The van der Waals surface area contributed by atoms with Gasteiger partial charge in [0.05, 0.1) is 23.6 Å². The third-order valence-electron chi connectivity index (χ3n) is 5.90. The number of fused-ring (bicyclic) bond motifs is 3.